The first kappa shape index (κ1) is 12.1. The van der Waals surface area contributed by atoms with E-state index in [0.717, 1.165) is 0 Å². The van der Waals surface area contributed by atoms with Gasteiger partial charge in [-0.2, -0.15) is 0 Å². The smallest absolute Gasteiger partial charge is 0.130 e. The molecule has 0 saturated carbocycles. The maximum absolute atomic E-state index is 3.19. The lowest BCUT2D eigenvalue weighted by molar-refractivity contribution is 0.130. The number of hydrogen-bond donors (Lipinski definition) is 0. The third-order valence-corrected chi connectivity index (χ3v) is 2.19. The molecule has 0 aromatic carbocycles. The zero-order valence-electron chi connectivity index (χ0n) is 9.39. The van der Waals surface area contributed by atoms with Crippen LogP contribution in [0.2, 0.25) is 19.6 Å². The van der Waals surface area contributed by atoms with Crippen molar-refractivity contribution in [2.45, 2.75) is 19.6 Å². The van der Waals surface area contributed by atoms with Crippen LogP contribution in [0.1, 0.15) is 0 Å². The summed E-state index contributed by atoms with van der Waals surface area (Å²) >= 11 is 0. The third-order valence-electron chi connectivity index (χ3n) is 1.32. The quantitative estimate of drug-likeness (QED) is 0.268. The molecule has 0 amide bonds. The standard InChI is InChI=1S/C10H18N2Si/c1-11(2)12(3)9-7-8-10-13(4,5)6/h1-6H3. The normalized spacial score (nSPS) is 9.77. The molecule has 0 unspecified atom stereocenters. The monoisotopic (exact) mass is 194 g/mol. The first-order valence-corrected chi connectivity index (χ1v) is 7.77. The lowest BCUT2D eigenvalue weighted by Gasteiger charge is -2.18. The molecule has 72 valence electrons. The lowest BCUT2D eigenvalue weighted by Crippen LogP contribution is -2.28. The molecule has 0 aliphatic heterocycles. The van der Waals surface area contributed by atoms with Crippen LogP contribution in [0.3, 0.4) is 0 Å². The van der Waals surface area contributed by atoms with Crippen LogP contribution in [0.4, 0.5) is 0 Å². The van der Waals surface area contributed by atoms with Gasteiger partial charge in [0.05, 0.1) is 0 Å². The largest absolute Gasteiger partial charge is 0.267 e. The van der Waals surface area contributed by atoms with E-state index < -0.39 is 8.07 Å². The Morgan fingerprint density at radius 3 is 1.85 bits per heavy atom. The Hall–Kier alpha value is -0.903. The summed E-state index contributed by atoms with van der Waals surface area (Å²) in [6, 6.07) is 2.91. The van der Waals surface area contributed by atoms with Crippen molar-refractivity contribution < 1.29 is 0 Å². The highest BCUT2D eigenvalue weighted by molar-refractivity contribution is 6.83. The molecule has 0 aromatic heterocycles. The average Bonchev–Trinajstić information content (AvgIpc) is 1.95. The summed E-state index contributed by atoms with van der Waals surface area (Å²) in [5, 5.41) is 3.71. The predicted molar refractivity (Wildman–Crippen MR) is 60.3 cm³/mol. The molecule has 0 heterocycles. The number of hydrazine groups is 1. The molecule has 0 radical (unpaired) electrons. The van der Waals surface area contributed by atoms with Crippen LogP contribution in [0.5, 0.6) is 0 Å². The Morgan fingerprint density at radius 2 is 1.46 bits per heavy atom. The van der Waals surface area contributed by atoms with Gasteiger partial charge in [0.1, 0.15) is 8.07 Å². The van der Waals surface area contributed by atoms with Gasteiger partial charge in [0.25, 0.3) is 0 Å². The zero-order chi connectivity index (χ0) is 10.5. The second kappa shape index (κ2) is 4.96. The molecular weight excluding hydrogens is 176 g/mol. The Bertz CT molecular complexity index is 267. The first-order chi connectivity index (χ1) is 5.83. The molecule has 0 aliphatic rings. The van der Waals surface area contributed by atoms with Crippen LogP contribution in [0.25, 0.3) is 0 Å². The highest BCUT2D eigenvalue weighted by Gasteiger charge is 2.06. The van der Waals surface area contributed by atoms with Crippen molar-refractivity contribution in [3.05, 3.63) is 0 Å². The van der Waals surface area contributed by atoms with E-state index in [1.807, 2.05) is 26.2 Å². The van der Waals surface area contributed by atoms with E-state index in [-0.39, 0.29) is 0 Å². The van der Waals surface area contributed by atoms with Gasteiger partial charge in [-0.1, -0.05) is 19.6 Å². The van der Waals surface area contributed by atoms with Crippen molar-refractivity contribution in [3.8, 4) is 23.4 Å². The van der Waals surface area contributed by atoms with Crippen LogP contribution >= 0.6 is 0 Å². The average molecular weight is 194 g/mol. The topological polar surface area (TPSA) is 6.48 Å². The summed E-state index contributed by atoms with van der Waals surface area (Å²) < 4.78 is 0. The summed E-state index contributed by atoms with van der Waals surface area (Å²) in [4.78, 5) is 0. The Kier molecular flexibility index (Phi) is 4.62. The van der Waals surface area contributed by atoms with Crippen molar-refractivity contribution in [1.82, 2.24) is 10.0 Å². The van der Waals surface area contributed by atoms with Gasteiger partial charge >= 0.3 is 0 Å². The minimum atomic E-state index is -1.25. The fourth-order valence-electron chi connectivity index (χ4n) is 0.428. The number of nitrogens with zero attached hydrogens (tertiary/aromatic N) is 2. The molecule has 0 spiro atoms. The summed E-state index contributed by atoms with van der Waals surface area (Å²) in [5.41, 5.74) is 3.19. The van der Waals surface area contributed by atoms with Gasteiger partial charge in [-0.3, -0.25) is 5.01 Å². The fraction of sp³-hybridized carbons (Fsp3) is 0.600. The van der Waals surface area contributed by atoms with E-state index in [1.165, 1.54) is 0 Å². The molecule has 0 atom stereocenters. The summed E-state index contributed by atoms with van der Waals surface area (Å²) in [7, 11) is 4.54. The van der Waals surface area contributed by atoms with Crippen molar-refractivity contribution in [3.63, 3.8) is 0 Å². The van der Waals surface area contributed by atoms with Gasteiger partial charge in [0.15, 0.2) is 0 Å². The maximum atomic E-state index is 3.19. The van der Waals surface area contributed by atoms with Crippen molar-refractivity contribution in [2.75, 3.05) is 21.1 Å². The molecule has 13 heavy (non-hydrogen) atoms. The van der Waals surface area contributed by atoms with Gasteiger partial charge in [0, 0.05) is 33.1 Å². The molecule has 0 aromatic rings. The highest BCUT2D eigenvalue weighted by Crippen LogP contribution is 1.95. The summed E-state index contributed by atoms with van der Waals surface area (Å²) in [5.74, 6) is 5.72. The number of hydrogen-bond acceptors (Lipinski definition) is 2. The second-order valence-corrected chi connectivity index (χ2v) is 8.86. The Balaban J connectivity index is 4.19. The Labute approximate surface area is 82.9 Å². The van der Waals surface area contributed by atoms with Gasteiger partial charge in [-0.05, 0) is 5.92 Å². The molecule has 0 rings (SSSR count). The van der Waals surface area contributed by atoms with E-state index in [1.54, 1.807) is 5.01 Å². The first-order valence-electron chi connectivity index (χ1n) is 4.27. The molecule has 0 aliphatic carbocycles. The predicted octanol–water partition coefficient (Wildman–Crippen LogP) is 1.24. The van der Waals surface area contributed by atoms with Crippen LogP contribution in [0.15, 0.2) is 0 Å². The van der Waals surface area contributed by atoms with E-state index >= 15 is 0 Å². The van der Waals surface area contributed by atoms with E-state index in [4.69, 9.17) is 0 Å². The zero-order valence-corrected chi connectivity index (χ0v) is 10.4. The van der Waals surface area contributed by atoms with Crippen LogP contribution in [-0.2, 0) is 0 Å². The molecule has 0 N–H and O–H groups in total. The molecule has 2 nitrogen and oxygen atoms in total. The molecular formula is C10H18N2Si. The van der Waals surface area contributed by atoms with E-state index in [0.29, 0.717) is 0 Å². The summed E-state index contributed by atoms with van der Waals surface area (Å²) in [6.45, 7) is 6.62. The highest BCUT2D eigenvalue weighted by atomic mass is 28.3. The van der Waals surface area contributed by atoms with E-state index in [9.17, 15) is 0 Å². The summed E-state index contributed by atoms with van der Waals surface area (Å²) in [6.07, 6.45) is 0. The molecule has 0 fully saturated rings. The minimum Gasteiger partial charge on any atom is -0.267 e. The lowest BCUT2D eigenvalue weighted by atomic mass is 10.7. The van der Waals surface area contributed by atoms with Gasteiger partial charge in [-0.15, -0.1) is 5.54 Å². The van der Waals surface area contributed by atoms with Crippen LogP contribution in [-0.4, -0.2) is 39.2 Å². The number of rotatable bonds is 1. The van der Waals surface area contributed by atoms with Crippen molar-refractivity contribution in [1.29, 1.82) is 0 Å². The van der Waals surface area contributed by atoms with Crippen LogP contribution < -0.4 is 0 Å². The molecule has 0 saturated heterocycles. The van der Waals surface area contributed by atoms with Gasteiger partial charge < -0.3 is 0 Å². The van der Waals surface area contributed by atoms with Crippen molar-refractivity contribution in [2.24, 2.45) is 0 Å². The third kappa shape index (κ3) is 7.46. The maximum Gasteiger partial charge on any atom is 0.130 e. The van der Waals surface area contributed by atoms with Gasteiger partial charge in [0.2, 0.25) is 0 Å². The second-order valence-electron chi connectivity index (χ2n) is 4.11. The fourth-order valence-corrected chi connectivity index (χ4v) is 0.865. The Morgan fingerprint density at radius 1 is 0.923 bits per heavy atom. The van der Waals surface area contributed by atoms with Crippen LogP contribution in [0, 0.1) is 23.4 Å². The molecule has 3 heteroatoms. The minimum absolute atomic E-state index is 1.25. The SMILES string of the molecule is CN(C)N(C)C#CC#C[Si](C)(C)C. The molecule has 0 bridgehead atoms. The van der Waals surface area contributed by atoms with E-state index in [2.05, 4.69) is 43.1 Å². The van der Waals surface area contributed by atoms with Gasteiger partial charge in [-0.25, -0.2) is 5.01 Å². The van der Waals surface area contributed by atoms with Crippen molar-refractivity contribution >= 4 is 8.07 Å².